The summed E-state index contributed by atoms with van der Waals surface area (Å²) < 4.78 is 12.6. The number of hydrogen-bond acceptors (Lipinski definition) is 4. The lowest BCUT2D eigenvalue weighted by Crippen LogP contribution is -2.24. The van der Waals surface area contributed by atoms with Crippen LogP contribution in [0.1, 0.15) is 5.56 Å². The molecular formula is C22H16N2O3. The molecular weight excluding hydrogens is 340 g/mol. The Balaban J connectivity index is 1.70. The molecule has 0 bridgehead atoms. The van der Waals surface area contributed by atoms with Crippen molar-refractivity contribution in [3.05, 3.63) is 88.7 Å². The van der Waals surface area contributed by atoms with E-state index < -0.39 is 0 Å². The van der Waals surface area contributed by atoms with Crippen LogP contribution in [0.4, 0.5) is 0 Å². The van der Waals surface area contributed by atoms with Gasteiger partial charge in [-0.15, -0.1) is 0 Å². The maximum absolute atomic E-state index is 13.2. The molecule has 0 spiro atoms. The summed E-state index contributed by atoms with van der Waals surface area (Å²) in [5.41, 5.74) is 2.50. The predicted molar refractivity (Wildman–Crippen MR) is 103 cm³/mol. The second-order valence-corrected chi connectivity index (χ2v) is 6.40. The van der Waals surface area contributed by atoms with Gasteiger partial charge in [0.1, 0.15) is 5.82 Å². The number of aromatic nitrogens is 2. The Morgan fingerprint density at radius 3 is 2.56 bits per heavy atom. The van der Waals surface area contributed by atoms with Crippen molar-refractivity contribution in [2.75, 3.05) is 6.79 Å². The molecule has 0 aliphatic carbocycles. The molecule has 1 aromatic heterocycles. The molecule has 27 heavy (non-hydrogen) atoms. The Morgan fingerprint density at radius 1 is 0.889 bits per heavy atom. The minimum absolute atomic E-state index is 0.0582. The van der Waals surface area contributed by atoms with Crippen LogP contribution in [0.25, 0.3) is 22.3 Å². The van der Waals surface area contributed by atoms with Crippen LogP contribution in [0.15, 0.2) is 77.6 Å². The van der Waals surface area contributed by atoms with E-state index in [1.165, 1.54) is 0 Å². The largest absolute Gasteiger partial charge is 0.454 e. The predicted octanol–water partition coefficient (Wildman–Crippen LogP) is 3.84. The average molecular weight is 356 g/mol. The van der Waals surface area contributed by atoms with Gasteiger partial charge in [0.2, 0.25) is 6.79 Å². The van der Waals surface area contributed by atoms with Crippen LogP contribution in [0.2, 0.25) is 0 Å². The second-order valence-electron chi connectivity index (χ2n) is 6.40. The smallest absolute Gasteiger partial charge is 0.261 e. The van der Waals surface area contributed by atoms with Gasteiger partial charge in [0.05, 0.1) is 17.4 Å². The molecule has 5 heteroatoms. The SMILES string of the molecule is O=c1c2ccccc2nc(-c2ccccc2)n1Cc1ccc2c(c1)OCO2. The monoisotopic (exact) mass is 356 g/mol. The molecule has 4 aromatic rings. The maximum atomic E-state index is 13.2. The average Bonchev–Trinajstić information content (AvgIpc) is 3.18. The summed E-state index contributed by atoms with van der Waals surface area (Å²) >= 11 is 0. The summed E-state index contributed by atoms with van der Waals surface area (Å²) in [4.78, 5) is 18.0. The van der Waals surface area contributed by atoms with E-state index in [9.17, 15) is 4.79 Å². The summed E-state index contributed by atoms with van der Waals surface area (Å²) in [6, 6.07) is 22.9. The minimum Gasteiger partial charge on any atom is -0.454 e. The highest BCUT2D eigenvalue weighted by atomic mass is 16.7. The van der Waals surface area contributed by atoms with Crippen LogP contribution in [-0.4, -0.2) is 16.3 Å². The fourth-order valence-corrected chi connectivity index (χ4v) is 3.34. The molecule has 132 valence electrons. The zero-order valence-corrected chi connectivity index (χ0v) is 14.5. The molecule has 0 saturated carbocycles. The van der Waals surface area contributed by atoms with E-state index in [1.54, 1.807) is 4.57 Å². The first-order valence-electron chi connectivity index (χ1n) is 8.73. The van der Waals surface area contributed by atoms with Crippen LogP contribution in [-0.2, 0) is 6.54 Å². The van der Waals surface area contributed by atoms with Crippen molar-refractivity contribution in [1.29, 1.82) is 0 Å². The third-order valence-corrected chi connectivity index (χ3v) is 4.67. The summed E-state index contributed by atoms with van der Waals surface area (Å²) in [6.45, 7) is 0.628. The van der Waals surface area contributed by atoms with Crippen LogP contribution in [0.3, 0.4) is 0 Å². The van der Waals surface area contributed by atoms with Crippen LogP contribution in [0.5, 0.6) is 11.5 Å². The fraction of sp³-hybridized carbons (Fsp3) is 0.0909. The van der Waals surface area contributed by atoms with E-state index in [4.69, 9.17) is 14.5 Å². The Bertz CT molecular complexity index is 1200. The molecule has 0 unspecified atom stereocenters. The molecule has 1 aliphatic rings. The van der Waals surface area contributed by atoms with Gasteiger partial charge in [-0.25, -0.2) is 4.98 Å². The highest BCUT2D eigenvalue weighted by Crippen LogP contribution is 2.33. The van der Waals surface area contributed by atoms with E-state index in [0.717, 1.165) is 16.9 Å². The molecule has 0 radical (unpaired) electrons. The molecule has 5 rings (SSSR count). The summed E-state index contributed by atoms with van der Waals surface area (Å²) in [6.07, 6.45) is 0. The van der Waals surface area contributed by atoms with Gasteiger partial charge >= 0.3 is 0 Å². The molecule has 2 heterocycles. The molecule has 0 atom stereocenters. The van der Waals surface area contributed by atoms with Gasteiger partial charge in [0.15, 0.2) is 11.5 Å². The minimum atomic E-state index is -0.0582. The van der Waals surface area contributed by atoms with Crippen LogP contribution in [0, 0.1) is 0 Å². The Labute approximate surface area is 155 Å². The van der Waals surface area contributed by atoms with E-state index in [-0.39, 0.29) is 12.4 Å². The van der Waals surface area contributed by atoms with Gasteiger partial charge in [0.25, 0.3) is 5.56 Å². The van der Waals surface area contributed by atoms with Crippen molar-refractivity contribution in [3.8, 4) is 22.9 Å². The van der Waals surface area contributed by atoms with E-state index in [1.807, 2.05) is 72.8 Å². The van der Waals surface area contributed by atoms with Crippen LogP contribution < -0.4 is 15.0 Å². The number of para-hydroxylation sites is 1. The van der Waals surface area contributed by atoms with Crippen molar-refractivity contribution in [2.24, 2.45) is 0 Å². The lowest BCUT2D eigenvalue weighted by Gasteiger charge is -2.14. The molecule has 3 aromatic carbocycles. The first kappa shape index (κ1) is 15.6. The quantitative estimate of drug-likeness (QED) is 0.560. The topological polar surface area (TPSA) is 53.4 Å². The highest BCUT2D eigenvalue weighted by Gasteiger charge is 2.16. The normalized spacial score (nSPS) is 12.4. The summed E-state index contributed by atoms with van der Waals surface area (Å²) in [5.74, 6) is 2.08. The van der Waals surface area contributed by atoms with Crippen molar-refractivity contribution in [3.63, 3.8) is 0 Å². The number of hydrogen-bond donors (Lipinski definition) is 0. The number of rotatable bonds is 3. The summed E-state index contributed by atoms with van der Waals surface area (Å²) in [7, 11) is 0. The van der Waals surface area contributed by atoms with Crippen molar-refractivity contribution in [2.45, 2.75) is 6.54 Å². The van der Waals surface area contributed by atoms with Crippen molar-refractivity contribution in [1.82, 2.24) is 9.55 Å². The highest BCUT2D eigenvalue weighted by molar-refractivity contribution is 5.79. The van der Waals surface area contributed by atoms with Crippen molar-refractivity contribution >= 4 is 10.9 Å². The van der Waals surface area contributed by atoms with Gasteiger partial charge in [-0.2, -0.15) is 0 Å². The Kier molecular flexibility index (Phi) is 3.64. The maximum Gasteiger partial charge on any atom is 0.261 e. The van der Waals surface area contributed by atoms with E-state index in [2.05, 4.69) is 0 Å². The third-order valence-electron chi connectivity index (χ3n) is 4.67. The third kappa shape index (κ3) is 2.73. The lowest BCUT2D eigenvalue weighted by atomic mass is 10.1. The molecule has 0 amide bonds. The molecule has 0 saturated heterocycles. The van der Waals surface area contributed by atoms with E-state index >= 15 is 0 Å². The second kappa shape index (κ2) is 6.29. The lowest BCUT2D eigenvalue weighted by molar-refractivity contribution is 0.174. The standard InChI is InChI=1S/C22H16N2O3/c25-22-17-8-4-5-9-18(17)23-21(16-6-2-1-3-7-16)24(22)13-15-10-11-19-20(12-15)27-14-26-19/h1-12H,13-14H2. The fourth-order valence-electron chi connectivity index (χ4n) is 3.34. The number of fused-ring (bicyclic) bond motifs is 2. The van der Waals surface area contributed by atoms with Gasteiger partial charge in [-0.3, -0.25) is 9.36 Å². The first-order valence-corrected chi connectivity index (χ1v) is 8.73. The molecule has 0 N–H and O–H groups in total. The van der Waals surface area contributed by atoms with Gasteiger partial charge in [0, 0.05) is 5.56 Å². The zero-order chi connectivity index (χ0) is 18.2. The first-order chi connectivity index (χ1) is 13.3. The molecule has 1 aliphatic heterocycles. The zero-order valence-electron chi connectivity index (χ0n) is 14.5. The molecule has 0 fully saturated rings. The van der Waals surface area contributed by atoms with Gasteiger partial charge in [-0.1, -0.05) is 48.5 Å². The number of ether oxygens (including phenoxy) is 2. The summed E-state index contributed by atoms with van der Waals surface area (Å²) in [5, 5.41) is 0.609. The van der Waals surface area contributed by atoms with Crippen LogP contribution >= 0.6 is 0 Å². The van der Waals surface area contributed by atoms with E-state index in [0.29, 0.717) is 29.0 Å². The Morgan fingerprint density at radius 2 is 1.67 bits per heavy atom. The number of benzene rings is 3. The van der Waals surface area contributed by atoms with Crippen molar-refractivity contribution < 1.29 is 9.47 Å². The van der Waals surface area contributed by atoms with Gasteiger partial charge < -0.3 is 9.47 Å². The number of nitrogens with zero attached hydrogens (tertiary/aromatic N) is 2. The molecule has 5 nitrogen and oxygen atoms in total. The van der Waals surface area contributed by atoms with Gasteiger partial charge in [-0.05, 0) is 29.8 Å². The Hall–Kier alpha value is -3.60.